The molecule has 3 aromatic rings. The second-order valence-corrected chi connectivity index (χ2v) is 11.0. The van der Waals surface area contributed by atoms with Crippen molar-refractivity contribution in [3.8, 4) is 11.8 Å². The number of morpholine rings is 1. The average Bonchev–Trinajstić information content (AvgIpc) is 3.00. The third kappa shape index (κ3) is 5.94. The van der Waals surface area contributed by atoms with Crippen LogP contribution >= 0.6 is 0 Å². The number of phenols is 1. The van der Waals surface area contributed by atoms with E-state index in [4.69, 9.17) is 19.4 Å². The Hall–Kier alpha value is -3.89. The van der Waals surface area contributed by atoms with Gasteiger partial charge in [-0.1, -0.05) is 30.8 Å². The molecule has 2 fully saturated rings. The van der Waals surface area contributed by atoms with E-state index in [0.717, 1.165) is 79.3 Å². The second kappa shape index (κ2) is 11.9. The number of rotatable bonds is 7. The molecule has 2 saturated heterocycles. The highest BCUT2D eigenvalue weighted by molar-refractivity contribution is 5.95. The Morgan fingerprint density at radius 3 is 2.63 bits per heavy atom. The van der Waals surface area contributed by atoms with Gasteiger partial charge in [-0.3, -0.25) is 9.69 Å². The van der Waals surface area contributed by atoms with Gasteiger partial charge in [0.05, 0.1) is 25.5 Å². The van der Waals surface area contributed by atoms with Crippen molar-refractivity contribution in [2.24, 2.45) is 0 Å². The summed E-state index contributed by atoms with van der Waals surface area (Å²) in [5.41, 5.74) is 3.06. The largest absolute Gasteiger partial charge is 0.508 e. The van der Waals surface area contributed by atoms with Gasteiger partial charge in [-0.15, -0.1) is 0 Å². The van der Waals surface area contributed by atoms with E-state index in [-0.39, 0.29) is 17.8 Å². The predicted octanol–water partition coefficient (Wildman–Crippen LogP) is 2.83. The van der Waals surface area contributed by atoms with Crippen LogP contribution in [0.1, 0.15) is 18.2 Å². The molecular formula is C31H38N6O4. The van der Waals surface area contributed by atoms with Gasteiger partial charge in [0.25, 0.3) is 0 Å². The molecule has 0 saturated carbocycles. The number of carbonyl (C=O) groups is 1. The molecule has 0 radical (unpaired) electrons. The molecule has 1 amide bonds. The number of phenolic OH excluding ortho intramolecular Hbond substituents is 1. The summed E-state index contributed by atoms with van der Waals surface area (Å²) in [5, 5.41) is 12.6. The zero-order valence-electron chi connectivity index (χ0n) is 23.7. The zero-order valence-corrected chi connectivity index (χ0v) is 23.7. The van der Waals surface area contributed by atoms with Crippen LogP contribution in [0.3, 0.4) is 0 Å². The van der Waals surface area contributed by atoms with Gasteiger partial charge in [-0.25, -0.2) is 0 Å². The van der Waals surface area contributed by atoms with Crippen LogP contribution in [-0.4, -0.2) is 102 Å². The van der Waals surface area contributed by atoms with E-state index in [0.29, 0.717) is 38.7 Å². The number of piperazine rings is 1. The van der Waals surface area contributed by atoms with Crippen molar-refractivity contribution < 1.29 is 19.4 Å². The third-order valence-electron chi connectivity index (χ3n) is 8.18. The summed E-state index contributed by atoms with van der Waals surface area (Å²) < 4.78 is 11.8. The molecule has 1 unspecified atom stereocenters. The number of anilines is 2. The third-order valence-corrected chi connectivity index (χ3v) is 8.18. The average molecular weight is 559 g/mol. The Bertz CT molecular complexity index is 1420. The summed E-state index contributed by atoms with van der Waals surface area (Å²) in [6.45, 7) is 13.7. The number of hydrogen-bond acceptors (Lipinski definition) is 9. The van der Waals surface area contributed by atoms with Crippen molar-refractivity contribution in [3.05, 3.63) is 60.3 Å². The van der Waals surface area contributed by atoms with E-state index in [1.54, 1.807) is 6.07 Å². The lowest BCUT2D eigenvalue weighted by Crippen LogP contribution is -2.49. The van der Waals surface area contributed by atoms with Crippen LogP contribution in [0, 0.1) is 0 Å². The molecule has 10 nitrogen and oxygen atoms in total. The lowest BCUT2D eigenvalue weighted by molar-refractivity contribution is -0.126. The van der Waals surface area contributed by atoms with E-state index >= 15 is 0 Å². The molecule has 0 bridgehead atoms. The molecule has 10 heteroatoms. The number of nitrogens with zero attached hydrogens (tertiary/aromatic N) is 6. The molecule has 1 aromatic heterocycles. The standard InChI is InChI=1S/C31H38N6O4/c1-3-29(39)35-10-12-36(13-11-35)30-26-8-9-37(28-19-24(38)18-23-6-4-5-7-25(23)28)21-27(26)32-31(33-30)41-22(2)20-34-14-16-40-17-15-34/h3-7,18-19,22,38H,1,8-17,20-21H2,2H3. The normalized spacial score (nSPS) is 18.7. The SMILES string of the molecule is C=CC(=O)N1CCN(c2nc(OC(C)CN3CCOCC3)nc3c2CCN(c2cc(O)cc4ccccc24)C3)CC1. The smallest absolute Gasteiger partial charge is 0.318 e. The van der Waals surface area contributed by atoms with Crippen LogP contribution in [0.15, 0.2) is 49.1 Å². The first-order chi connectivity index (χ1) is 20.0. The van der Waals surface area contributed by atoms with Crippen LogP contribution in [0.25, 0.3) is 10.8 Å². The van der Waals surface area contributed by atoms with Gasteiger partial charge < -0.3 is 29.3 Å². The molecule has 4 heterocycles. The highest BCUT2D eigenvalue weighted by Gasteiger charge is 2.29. The summed E-state index contributed by atoms with van der Waals surface area (Å²) >= 11 is 0. The topological polar surface area (TPSA) is 94.5 Å². The van der Waals surface area contributed by atoms with E-state index in [2.05, 4.69) is 34.3 Å². The monoisotopic (exact) mass is 558 g/mol. The van der Waals surface area contributed by atoms with Crippen molar-refractivity contribution in [2.45, 2.75) is 26.0 Å². The van der Waals surface area contributed by atoms with Crippen LogP contribution in [0.2, 0.25) is 0 Å². The number of aromatic nitrogens is 2. The minimum absolute atomic E-state index is 0.0377. The van der Waals surface area contributed by atoms with Crippen LogP contribution in [-0.2, 0) is 22.5 Å². The molecule has 6 rings (SSSR count). The number of carbonyl (C=O) groups excluding carboxylic acids is 1. The highest BCUT2D eigenvalue weighted by Crippen LogP contribution is 2.36. The summed E-state index contributed by atoms with van der Waals surface area (Å²) in [6, 6.07) is 12.2. The zero-order chi connectivity index (χ0) is 28.3. The van der Waals surface area contributed by atoms with E-state index < -0.39 is 0 Å². The molecule has 0 spiro atoms. The van der Waals surface area contributed by atoms with Gasteiger partial charge in [0.1, 0.15) is 17.7 Å². The fourth-order valence-electron chi connectivity index (χ4n) is 6.08. The molecule has 1 atom stereocenters. The summed E-state index contributed by atoms with van der Waals surface area (Å²) in [7, 11) is 0. The number of fused-ring (bicyclic) bond motifs is 2. The summed E-state index contributed by atoms with van der Waals surface area (Å²) in [4.78, 5) is 30.8. The van der Waals surface area contributed by atoms with Gasteiger partial charge in [0.2, 0.25) is 5.91 Å². The second-order valence-electron chi connectivity index (χ2n) is 11.0. The van der Waals surface area contributed by atoms with Crippen molar-refractivity contribution in [2.75, 3.05) is 75.4 Å². The molecule has 1 N–H and O–H groups in total. The first-order valence-corrected chi connectivity index (χ1v) is 14.5. The number of amides is 1. The Morgan fingerprint density at radius 2 is 1.85 bits per heavy atom. The Morgan fingerprint density at radius 1 is 1.07 bits per heavy atom. The minimum atomic E-state index is -0.0873. The Kier molecular flexibility index (Phi) is 7.93. The number of aromatic hydroxyl groups is 1. The van der Waals surface area contributed by atoms with Crippen LogP contribution < -0.4 is 14.5 Å². The van der Waals surface area contributed by atoms with E-state index in [1.807, 2.05) is 29.2 Å². The molecule has 2 aromatic carbocycles. The summed E-state index contributed by atoms with van der Waals surface area (Å²) in [6.07, 6.45) is 2.06. The lowest BCUT2D eigenvalue weighted by Gasteiger charge is -2.38. The Balaban J connectivity index is 1.29. The van der Waals surface area contributed by atoms with E-state index in [1.165, 1.54) is 6.08 Å². The number of ether oxygens (including phenoxy) is 2. The van der Waals surface area contributed by atoms with Crippen molar-refractivity contribution in [1.29, 1.82) is 0 Å². The maximum atomic E-state index is 12.2. The molecule has 216 valence electrons. The van der Waals surface area contributed by atoms with Gasteiger partial charge in [0, 0.05) is 75.1 Å². The fourth-order valence-corrected chi connectivity index (χ4v) is 6.08. The molecule has 0 aliphatic carbocycles. The van der Waals surface area contributed by atoms with Crippen molar-refractivity contribution >= 4 is 28.2 Å². The quantitative estimate of drug-likeness (QED) is 0.440. The highest BCUT2D eigenvalue weighted by atomic mass is 16.5. The maximum absolute atomic E-state index is 12.2. The molecule has 41 heavy (non-hydrogen) atoms. The molecule has 3 aliphatic heterocycles. The van der Waals surface area contributed by atoms with Gasteiger partial charge in [-0.2, -0.15) is 9.97 Å². The van der Waals surface area contributed by atoms with Gasteiger partial charge in [-0.05, 0) is 30.9 Å². The fraction of sp³-hybridized carbons (Fsp3) is 0.452. The minimum Gasteiger partial charge on any atom is -0.508 e. The Labute approximate surface area is 240 Å². The van der Waals surface area contributed by atoms with Crippen molar-refractivity contribution in [1.82, 2.24) is 19.8 Å². The number of benzene rings is 2. The lowest BCUT2D eigenvalue weighted by atomic mass is 10.0. The molecule has 3 aliphatic rings. The first kappa shape index (κ1) is 27.3. The first-order valence-electron chi connectivity index (χ1n) is 14.5. The predicted molar refractivity (Wildman–Crippen MR) is 159 cm³/mol. The van der Waals surface area contributed by atoms with Crippen molar-refractivity contribution in [3.63, 3.8) is 0 Å². The van der Waals surface area contributed by atoms with Crippen LogP contribution in [0.4, 0.5) is 11.5 Å². The molecular weight excluding hydrogens is 520 g/mol. The van der Waals surface area contributed by atoms with Crippen LogP contribution in [0.5, 0.6) is 11.8 Å². The number of hydrogen-bond donors (Lipinski definition) is 1. The summed E-state index contributed by atoms with van der Waals surface area (Å²) in [5.74, 6) is 1.11. The van der Waals surface area contributed by atoms with Gasteiger partial charge in [0.15, 0.2) is 0 Å². The maximum Gasteiger partial charge on any atom is 0.318 e. The van der Waals surface area contributed by atoms with E-state index in [9.17, 15) is 9.90 Å². The van der Waals surface area contributed by atoms with Gasteiger partial charge >= 0.3 is 6.01 Å².